The molecule has 8 heteroatoms. The number of benzene rings is 1. The second-order valence-corrected chi connectivity index (χ2v) is 6.15. The minimum absolute atomic E-state index is 0.348. The Kier molecular flexibility index (Phi) is 4.17. The lowest BCUT2D eigenvalue weighted by Crippen LogP contribution is -2.11. The number of rotatable bonds is 5. The van der Waals surface area contributed by atoms with Gasteiger partial charge in [-0.05, 0) is 19.1 Å². The Morgan fingerprint density at radius 3 is 2.38 bits per heavy atom. The first kappa shape index (κ1) is 15.3. The maximum absolute atomic E-state index is 12.4. The molecular formula is C13H12F2N2O3S. The van der Waals surface area contributed by atoms with Crippen molar-refractivity contribution < 1.29 is 22.0 Å². The lowest BCUT2D eigenvalue weighted by atomic mass is 10.1. The first-order chi connectivity index (χ1) is 9.90. The topological polar surface area (TPSA) is 69.0 Å². The number of carbonyl (C=O) groups excluding carboxylic acids is 1. The molecule has 0 fully saturated rings. The van der Waals surface area contributed by atoms with E-state index >= 15 is 0 Å². The molecule has 0 atom stereocenters. The molecule has 0 bridgehead atoms. The number of hydrogen-bond acceptors (Lipinski definition) is 4. The van der Waals surface area contributed by atoms with Gasteiger partial charge in [0.25, 0.3) is 0 Å². The molecule has 0 saturated heterocycles. The molecule has 2 rings (SSSR count). The maximum atomic E-state index is 12.4. The minimum Gasteiger partial charge on any atom is -0.298 e. The summed E-state index contributed by atoms with van der Waals surface area (Å²) in [6.45, 7) is 2.42. The SMILES string of the molecule is CCn1cc(C=O)c(-c2ccc(S(=O)(=O)C(F)F)cc2)n1. The van der Waals surface area contributed by atoms with Crippen LogP contribution < -0.4 is 0 Å². The highest BCUT2D eigenvalue weighted by Gasteiger charge is 2.26. The second kappa shape index (κ2) is 5.72. The summed E-state index contributed by atoms with van der Waals surface area (Å²) < 4.78 is 49.1. The molecule has 21 heavy (non-hydrogen) atoms. The summed E-state index contributed by atoms with van der Waals surface area (Å²) in [5.74, 6) is -3.46. The van der Waals surface area contributed by atoms with Crippen LogP contribution >= 0.6 is 0 Å². The van der Waals surface area contributed by atoms with Crippen LogP contribution in [0.5, 0.6) is 0 Å². The normalized spacial score (nSPS) is 11.8. The molecule has 0 unspecified atom stereocenters. The van der Waals surface area contributed by atoms with E-state index in [0.29, 0.717) is 29.7 Å². The second-order valence-electron chi connectivity index (χ2n) is 4.24. The van der Waals surface area contributed by atoms with Gasteiger partial charge in [0.2, 0.25) is 9.84 Å². The summed E-state index contributed by atoms with van der Waals surface area (Å²) in [5, 5.41) is 4.18. The maximum Gasteiger partial charge on any atom is 0.341 e. The third kappa shape index (κ3) is 2.85. The zero-order chi connectivity index (χ0) is 15.6. The predicted octanol–water partition coefficient (Wildman–Crippen LogP) is 2.38. The van der Waals surface area contributed by atoms with Gasteiger partial charge in [-0.1, -0.05) is 12.1 Å². The number of aryl methyl sites for hydroxylation is 1. The van der Waals surface area contributed by atoms with Crippen molar-refractivity contribution in [3.8, 4) is 11.3 Å². The molecular weight excluding hydrogens is 302 g/mol. The van der Waals surface area contributed by atoms with E-state index in [1.54, 1.807) is 10.9 Å². The average molecular weight is 314 g/mol. The highest BCUT2D eigenvalue weighted by Crippen LogP contribution is 2.24. The van der Waals surface area contributed by atoms with Gasteiger partial charge in [-0.2, -0.15) is 13.9 Å². The molecule has 2 aromatic rings. The average Bonchev–Trinajstić information content (AvgIpc) is 2.90. The smallest absolute Gasteiger partial charge is 0.298 e. The van der Waals surface area contributed by atoms with Crippen LogP contribution in [0.15, 0.2) is 35.4 Å². The Morgan fingerprint density at radius 1 is 1.29 bits per heavy atom. The van der Waals surface area contributed by atoms with Crippen LogP contribution in [-0.2, 0) is 16.4 Å². The summed E-state index contributed by atoms with van der Waals surface area (Å²) in [4.78, 5) is 10.5. The third-order valence-corrected chi connectivity index (χ3v) is 4.33. The van der Waals surface area contributed by atoms with E-state index < -0.39 is 20.5 Å². The van der Waals surface area contributed by atoms with E-state index in [2.05, 4.69) is 5.10 Å². The summed E-state index contributed by atoms with van der Waals surface area (Å²) >= 11 is 0. The van der Waals surface area contributed by atoms with Gasteiger partial charge in [-0.25, -0.2) is 8.42 Å². The summed E-state index contributed by atoms with van der Waals surface area (Å²) in [6.07, 6.45) is 2.20. The van der Waals surface area contributed by atoms with Crippen LogP contribution in [0.1, 0.15) is 17.3 Å². The molecule has 0 N–H and O–H groups in total. The molecule has 0 aliphatic rings. The Hall–Kier alpha value is -2.09. The molecule has 0 spiro atoms. The molecule has 0 aliphatic heterocycles. The van der Waals surface area contributed by atoms with Crippen LogP contribution in [0.2, 0.25) is 0 Å². The predicted molar refractivity (Wildman–Crippen MR) is 71.9 cm³/mol. The van der Waals surface area contributed by atoms with Crippen molar-refractivity contribution in [2.45, 2.75) is 24.1 Å². The quantitative estimate of drug-likeness (QED) is 0.795. The van der Waals surface area contributed by atoms with Crippen molar-refractivity contribution in [2.24, 2.45) is 0 Å². The van der Waals surface area contributed by atoms with E-state index in [4.69, 9.17) is 0 Å². The highest BCUT2D eigenvalue weighted by atomic mass is 32.2. The molecule has 0 saturated carbocycles. The number of halogens is 2. The van der Waals surface area contributed by atoms with Crippen molar-refractivity contribution >= 4 is 16.1 Å². The standard InChI is InChI=1S/C13H12F2N2O3S/c1-2-17-7-10(8-18)12(16-17)9-3-5-11(6-4-9)21(19,20)13(14)15/h3-8,13H,2H2,1H3. The summed E-state index contributed by atoms with van der Waals surface area (Å²) in [6, 6.07) is 4.86. The Labute approximate surface area is 120 Å². The fourth-order valence-corrected chi connectivity index (χ4v) is 2.54. The fraction of sp³-hybridized carbons (Fsp3) is 0.231. The lowest BCUT2D eigenvalue weighted by Gasteiger charge is -2.04. The van der Waals surface area contributed by atoms with E-state index in [9.17, 15) is 22.0 Å². The summed E-state index contributed by atoms with van der Waals surface area (Å²) in [7, 11) is -4.62. The molecule has 112 valence electrons. The van der Waals surface area contributed by atoms with Gasteiger partial charge in [0.1, 0.15) is 5.69 Å². The van der Waals surface area contributed by atoms with Crippen molar-refractivity contribution in [3.63, 3.8) is 0 Å². The van der Waals surface area contributed by atoms with Crippen LogP contribution in [0.25, 0.3) is 11.3 Å². The monoisotopic (exact) mass is 314 g/mol. The number of aromatic nitrogens is 2. The first-order valence-corrected chi connectivity index (χ1v) is 7.60. The molecule has 1 aromatic carbocycles. The van der Waals surface area contributed by atoms with Crippen LogP contribution in [0.3, 0.4) is 0 Å². The highest BCUT2D eigenvalue weighted by molar-refractivity contribution is 7.91. The van der Waals surface area contributed by atoms with E-state index in [-0.39, 0.29) is 0 Å². The van der Waals surface area contributed by atoms with Crippen LogP contribution in [0.4, 0.5) is 8.78 Å². The third-order valence-electron chi connectivity index (χ3n) is 2.93. The zero-order valence-electron chi connectivity index (χ0n) is 11.0. The van der Waals surface area contributed by atoms with Crippen molar-refractivity contribution in [1.29, 1.82) is 0 Å². The molecule has 0 aliphatic carbocycles. The Balaban J connectivity index is 2.44. The van der Waals surface area contributed by atoms with E-state index in [1.165, 1.54) is 12.1 Å². The van der Waals surface area contributed by atoms with Gasteiger partial charge in [-0.15, -0.1) is 0 Å². The zero-order valence-corrected chi connectivity index (χ0v) is 11.8. The number of nitrogens with zero attached hydrogens (tertiary/aromatic N) is 2. The molecule has 1 heterocycles. The van der Waals surface area contributed by atoms with E-state index in [1.807, 2.05) is 6.92 Å². The van der Waals surface area contributed by atoms with Gasteiger partial charge in [0, 0.05) is 18.3 Å². The van der Waals surface area contributed by atoms with Gasteiger partial charge >= 0.3 is 5.76 Å². The lowest BCUT2D eigenvalue weighted by molar-refractivity contribution is 0.112. The van der Waals surface area contributed by atoms with Gasteiger partial charge in [-0.3, -0.25) is 9.48 Å². The van der Waals surface area contributed by atoms with Gasteiger partial charge in [0.15, 0.2) is 6.29 Å². The number of alkyl halides is 2. The Bertz CT molecular complexity index is 752. The van der Waals surface area contributed by atoms with Crippen LogP contribution in [-0.4, -0.2) is 30.2 Å². The number of hydrogen-bond donors (Lipinski definition) is 0. The van der Waals surface area contributed by atoms with Gasteiger partial charge in [0.05, 0.1) is 10.5 Å². The Morgan fingerprint density at radius 2 is 1.90 bits per heavy atom. The van der Waals surface area contributed by atoms with Crippen LogP contribution in [0, 0.1) is 0 Å². The van der Waals surface area contributed by atoms with E-state index in [0.717, 1.165) is 12.1 Å². The van der Waals surface area contributed by atoms with Crippen molar-refractivity contribution in [2.75, 3.05) is 0 Å². The number of aldehydes is 1. The fourth-order valence-electron chi connectivity index (χ4n) is 1.81. The largest absolute Gasteiger partial charge is 0.341 e. The van der Waals surface area contributed by atoms with Gasteiger partial charge < -0.3 is 0 Å². The number of sulfone groups is 1. The van der Waals surface area contributed by atoms with Crippen molar-refractivity contribution in [1.82, 2.24) is 9.78 Å². The summed E-state index contributed by atoms with van der Waals surface area (Å²) in [5.41, 5.74) is 1.21. The molecule has 1 aromatic heterocycles. The van der Waals surface area contributed by atoms with Crippen molar-refractivity contribution in [3.05, 3.63) is 36.0 Å². The molecule has 0 radical (unpaired) electrons. The minimum atomic E-state index is -4.62. The first-order valence-electron chi connectivity index (χ1n) is 6.05. The number of carbonyl (C=O) groups is 1. The molecule has 5 nitrogen and oxygen atoms in total. The molecule has 0 amide bonds.